The van der Waals surface area contributed by atoms with Crippen molar-refractivity contribution in [1.82, 2.24) is 9.55 Å². The first-order chi connectivity index (χ1) is 15.5. The number of hydrogen-bond acceptors (Lipinski definition) is 4. The van der Waals surface area contributed by atoms with Crippen molar-refractivity contribution >= 4 is 5.97 Å². The lowest BCUT2D eigenvalue weighted by Crippen LogP contribution is -2.03. The Hall–Kier alpha value is -3.80. The highest BCUT2D eigenvalue weighted by Crippen LogP contribution is 2.20. The molecule has 6 nitrogen and oxygen atoms in total. The number of carboxylic acids is 1. The highest BCUT2D eigenvalue weighted by Gasteiger charge is 2.14. The van der Waals surface area contributed by atoms with Crippen LogP contribution in [0.5, 0.6) is 5.75 Å². The van der Waals surface area contributed by atoms with E-state index < -0.39 is 5.97 Å². The Labute approximate surface area is 187 Å². The summed E-state index contributed by atoms with van der Waals surface area (Å²) < 4.78 is 13.2. The lowest BCUT2D eigenvalue weighted by molar-refractivity contribution is 0.0696. The second-order valence-electron chi connectivity index (χ2n) is 7.73. The number of benzene rings is 2. The van der Waals surface area contributed by atoms with Crippen LogP contribution >= 0.6 is 0 Å². The van der Waals surface area contributed by atoms with E-state index in [0.717, 1.165) is 40.4 Å². The fourth-order valence-electron chi connectivity index (χ4n) is 3.78. The van der Waals surface area contributed by atoms with Gasteiger partial charge < -0.3 is 18.8 Å². The molecule has 0 saturated heterocycles. The number of hydrogen-bond donors (Lipinski definition) is 1. The standard InChI is InChI=1S/C26H26N2O4/c1-18-25(27-19(2)32-18)13-14-31-23-10-6-7-20(15-23)11-12-21-16-28(17-24(21)26(29)30)22-8-4-3-5-9-22/h3-10,15-17H,11-14H2,1-2H3,(H,29,30). The molecule has 0 aliphatic rings. The van der Waals surface area contributed by atoms with Crippen LogP contribution in [-0.4, -0.2) is 27.2 Å². The minimum Gasteiger partial charge on any atom is -0.493 e. The third kappa shape index (κ3) is 5.09. The van der Waals surface area contributed by atoms with Gasteiger partial charge in [0.25, 0.3) is 0 Å². The van der Waals surface area contributed by atoms with E-state index in [2.05, 4.69) is 4.98 Å². The highest BCUT2D eigenvalue weighted by molar-refractivity contribution is 5.89. The fraction of sp³-hybridized carbons (Fsp3) is 0.231. The molecule has 0 aliphatic carbocycles. The van der Waals surface area contributed by atoms with Crippen LogP contribution in [0.1, 0.15) is 38.8 Å². The molecule has 0 amide bonds. The first-order valence-electron chi connectivity index (χ1n) is 10.6. The third-order valence-corrected chi connectivity index (χ3v) is 5.38. The molecule has 0 fully saturated rings. The maximum Gasteiger partial charge on any atom is 0.337 e. The van der Waals surface area contributed by atoms with E-state index in [0.29, 0.717) is 30.9 Å². The van der Waals surface area contributed by atoms with Crippen molar-refractivity contribution in [2.75, 3.05) is 6.61 Å². The van der Waals surface area contributed by atoms with E-state index in [-0.39, 0.29) is 0 Å². The quantitative estimate of drug-likeness (QED) is 0.396. The molecule has 0 saturated carbocycles. The van der Waals surface area contributed by atoms with E-state index in [1.165, 1.54) is 0 Å². The number of oxazole rings is 1. The molecule has 0 radical (unpaired) electrons. The number of carbonyl (C=O) groups is 1. The zero-order valence-electron chi connectivity index (χ0n) is 18.2. The Balaban J connectivity index is 1.40. The van der Waals surface area contributed by atoms with Crippen LogP contribution in [0.2, 0.25) is 0 Å². The average Bonchev–Trinajstić information content (AvgIpc) is 3.36. The molecule has 0 atom stereocenters. The number of carboxylic acid groups (broad SMARTS) is 1. The molecule has 4 aromatic rings. The summed E-state index contributed by atoms with van der Waals surface area (Å²) in [7, 11) is 0. The maximum atomic E-state index is 11.7. The predicted molar refractivity (Wildman–Crippen MR) is 122 cm³/mol. The van der Waals surface area contributed by atoms with E-state index in [9.17, 15) is 9.90 Å². The number of ether oxygens (including phenoxy) is 1. The summed E-state index contributed by atoms with van der Waals surface area (Å²) >= 11 is 0. The molecular weight excluding hydrogens is 404 g/mol. The number of nitrogens with zero attached hydrogens (tertiary/aromatic N) is 2. The molecule has 6 heteroatoms. The van der Waals surface area contributed by atoms with Gasteiger partial charge >= 0.3 is 5.97 Å². The number of aromatic nitrogens is 2. The van der Waals surface area contributed by atoms with Crippen molar-refractivity contribution < 1.29 is 19.1 Å². The topological polar surface area (TPSA) is 77.5 Å². The van der Waals surface area contributed by atoms with Crippen molar-refractivity contribution in [3.8, 4) is 11.4 Å². The molecule has 2 aromatic heterocycles. The molecule has 32 heavy (non-hydrogen) atoms. The van der Waals surface area contributed by atoms with Crippen molar-refractivity contribution in [2.24, 2.45) is 0 Å². The molecule has 0 aliphatic heterocycles. The van der Waals surface area contributed by atoms with Crippen molar-refractivity contribution in [1.29, 1.82) is 0 Å². The van der Waals surface area contributed by atoms with Crippen LogP contribution < -0.4 is 4.74 Å². The second-order valence-corrected chi connectivity index (χ2v) is 7.73. The van der Waals surface area contributed by atoms with Crippen LogP contribution in [0, 0.1) is 13.8 Å². The molecular formula is C26H26N2O4. The Morgan fingerprint density at radius 2 is 1.84 bits per heavy atom. The first-order valence-corrected chi connectivity index (χ1v) is 10.6. The normalized spacial score (nSPS) is 10.9. The van der Waals surface area contributed by atoms with E-state index in [4.69, 9.17) is 9.15 Å². The van der Waals surface area contributed by atoms with Gasteiger partial charge in [-0.1, -0.05) is 30.3 Å². The number of para-hydroxylation sites is 1. The van der Waals surface area contributed by atoms with Crippen LogP contribution in [0.3, 0.4) is 0 Å². The molecule has 4 rings (SSSR count). The van der Waals surface area contributed by atoms with Gasteiger partial charge in [0, 0.05) is 31.4 Å². The van der Waals surface area contributed by atoms with Crippen LogP contribution in [-0.2, 0) is 19.3 Å². The minimum absolute atomic E-state index is 0.333. The molecule has 2 heterocycles. The van der Waals surface area contributed by atoms with Gasteiger partial charge in [0.2, 0.25) is 0 Å². The molecule has 1 N–H and O–H groups in total. The monoisotopic (exact) mass is 430 g/mol. The number of aryl methyl sites for hydroxylation is 4. The smallest absolute Gasteiger partial charge is 0.337 e. The Bertz CT molecular complexity index is 1210. The second kappa shape index (κ2) is 9.56. The molecule has 0 spiro atoms. The van der Waals surface area contributed by atoms with Crippen molar-refractivity contribution in [3.05, 3.63) is 101 Å². The zero-order valence-corrected chi connectivity index (χ0v) is 18.2. The highest BCUT2D eigenvalue weighted by atomic mass is 16.5. The molecule has 0 unspecified atom stereocenters. The Kier molecular flexibility index (Phi) is 6.40. The lowest BCUT2D eigenvalue weighted by atomic mass is 10.0. The summed E-state index contributed by atoms with van der Waals surface area (Å²) in [5.74, 6) is 1.38. The van der Waals surface area contributed by atoms with Gasteiger partial charge in [-0.3, -0.25) is 0 Å². The summed E-state index contributed by atoms with van der Waals surface area (Å²) in [4.78, 5) is 16.1. The minimum atomic E-state index is -0.912. The molecule has 2 aromatic carbocycles. The average molecular weight is 431 g/mol. The summed E-state index contributed by atoms with van der Waals surface area (Å²) in [6.45, 7) is 4.26. The molecule has 164 valence electrons. The van der Waals surface area contributed by atoms with E-state index in [1.807, 2.05) is 79.2 Å². The summed E-state index contributed by atoms with van der Waals surface area (Å²) in [6.07, 6.45) is 5.62. The Morgan fingerprint density at radius 3 is 2.56 bits per heavy atom. The number of rotatable bonds is 9. The van der Waals surface area contributed by atoms with Gasteiger partial charge in [-0.25, -0.2) is 9.78 Å². The van der Waals surface area contributed by atoms with Gasteiger partial charge in [-0.05, 0) is 55.2 Å². The summed E-state index contributed by atoms with van der Waals surface area (Å²) in [6, 6.07) is 17.7. The van der Waals surface area contributed by atoms with Gasteiger partial charge in [-0.2, -0.15) is 0 Å². The third-order valence-electron chi connectivity index (χ3n) is 5.38. The SMILES string of the molecule is Cc1nc(CCOc2cccc(CCc3cn(-c4ccccc4)cc3C(=O)O)c2)c(C)o1. The van der Waals surface area contributed by atoms with E-state index in [1.54, 1.807) is 6.20 Å². The van der Waals surface area contributed by atoms with Crippen LogP contribution in [0.25, 0.3) is 5.69 Å². The van der Waals surface area contributed by atoms with Crippen molar-refractivity contribution in [3.63, 3.8) is 0 Å². The van der Waals surface area contributed by atoms with Gasteiger partial charge in [0.1, 0.15) is 11.5 Å². The fourth-order valence-corrected chi connectivity index (χ4v) is 3.78. The lowest BCUT2D eigenvalue weighted by Gasteiger charge is -2.08. The van der Waals surface area contributed by atoms with E-state index >= 15 is 0 Å². The predicted octanol–water partition coefficient (Wildman–Crippen LogP) is 5.19. The largest absolute Gasteiger partial charge is 0.493 e. The van der Waals surface area contributed by atoms with Crippen LogP contribution in [0.15, 0.2) is 71.4 Å². The summed E-state index contributed by atoms with van der Waals surface area (Å²) in [5.41, 5.74) is 4.10. The maximum absolute atomic E-state index is 11.7. The van der Waals surface area contributed by atoms with Gasteiger partial charge in [0.15, 0.2) is 5.89 Å². The Morgan fingerprint density at radius 1 is 1.03 bits per heavy atom. The first kappa shape index (κ1) is 21.4. The number of aromatic carboxylic acids is 1. The summed E-state index contributed by atoms with van der Waals surface area (Å²) in [5, 5.41) is 9.63. The van der Waals surface area contributed by atoms with Gasteiger partial charge in [-0.15, -0.1) is 0 Å². The molecule has 0 bridgehead atoms. The zero-order chi connectivity index (χ0) is 22.5. The van der Waals surface area contributed by atoms with Crippen molar-refractivity contribution in [2.45, 2.75) is 33.1 Å². The van der Waals surface area contributed by atoms with Gasteiger partial charge in [0.05, 0.1) is 17.9 Å². The van der Waals surface area contributed by atoms with Crippen LogP contribution in [0.4, 0.5) is 0 Å².